The van der Waals surface area contributed by atoms with Crippen LogP contribution >= 0.6 is 23.2 Å². The van der Waals surface area contributed by atoms with Crippen LogP contribution in [0.25, 0.3) is 0 Å². The van der Waals surface area contributed by atoms with Crippen molar-refractivity contribution in [3.8, 4) is 5.75 Å². The summed E-state index contributed by atoms with van der Waals surface area (Å²) in [6.45, 7) is 3.34. The number of ether oxygens (including phenoxy) is 1. The van der Waals surface area contributed by atoms with Crippen molar-refractivity contribution in [2.24, 2.45) is 0 Å². The molecule has 0 unspecified atom stereocenters. The number of anilines is 1. The van der Waals surface area contributed by atoms with E-state index in [0.717, 1.165) is 17.0 Å². The normalized spacial score (nSPS) is 10.5. The van der Waals surface area contributed by atoms with Crippen LogP contribution in [-0.4, -0.2) is 0 Å². The number of benzene rings is 3. The number of rotatable bonds is 6. The zero-order chi connectivity index (χ0) is 17.6. The Kier molecular flexibility index (Phi) is 5.85. The number of nitrogens with one attached hydrogen (secondary N) is 1. The Bertz CT molecular complexity index is 827. The molecule has 0 amide bonds. The molecule has 0 atom stereocenters. The fourth-order valence-corrected chi connectivity index (χ4v) is 3.06. The summed E-state index contributed by atoms with van der Waals surface area (Å²) in [5.74, 6) is 0.857. The lowest BCUT2D eigenvalue weighted by Crippen LogP contribution is -2.00. The van der Waals surface area contributed by atoms with Gasteiger partial charge >= 0.3 is 0 Å². The minimum atomic E-state index is 0.570. The summed E-state index contributed by atoms with van der Waals surface area (Å²) in [6, 6.07) is 21.8. The predicted molar refractivity (Wildman–Crippen MR) is 106 cm³/mol. The van der Waals surface area contributed by atoms with Gasteiger partial charge in [-0.25, -0.2) is 0 Å². The van der Waals surface area contributed by atoms with Crippen LogP contribution in [-0.2, 0) is 13.2 Å². The molecule has 1 N–H and O–H groups in total. The molecule has 0 fully saturated rings. The molecule has 25 heavy (non-hydrogen) atoms. The Hall–Kier alpha value is -2.16. The highest BCUT2D eigenvalue weighted by Gasteiger charge is 2.00. The summed E-state index contributed by atoms with van der Waals surface area (Å²) in [5.41, 5.74) is 4.46. The average molecular weight is 372 g/mol. The first kappa shape index (κ1) is 17.7. The third kappa shape index (κ3) is 5.42. The van der Waals surface area contributed by atoms with E-state index >= 15 is 0 Å². The zero-order valence-electron chi connectivity index (χ0n) is 13.9. The molecule has 4 heteroatoms. The van der Waals surface area contributed by atoms with Gasteiger partial charge < -0.3 is 10.1 Å². The van der Waals surface area contributed by atoms with Gasteiger partial charge in [-0.2, -0.15) is 0 Å². The van der Waals surface area contributed by atoms with E-state index < -0.39 is 0 Å². The van der Waals surface area contributed by atoms with Crippen LogP contribution in [0, 0.1) is 6.92 Å². The summed E-state index contributed by atoms with van der Waals surface area (Å²) >= 11 is 12.0. The molecule has 0 heterocycles. The highest BCUT2D eigenvalue weighted by molar-refractivity contribution is 6.35. The predicted octanol–water partition coefficient (Wildman–Crippen LogP) is 6.49. The van der Waals surface area contributed by atoms with E-state index in [4.69, 9.17) is 27.9 Å². The highest BCUT2D eigenvalue weighted by atomic mass is 35.5. The Morgan fingerprint density at radius 3 is 2.24 bits per heavy atom. The second-order valence-electron chi connectivity index (χ2n) is 5.93. The molecule has 3 aromatic rings. The molecule has 3 aromatic carbocycles. The Balaban J connectivity index is 1.55. The largest absolute Gasteiger partial charge is 0.489 e. The van der Waals surface area contributed by atoms with Crippen LogP contribution in [0.4, 0.5) is 5.69 Å². The van der Waals surface area contributed by atoms with Crippen molar-refractivity contribution in [3.63, 3.8) is 0 Å². The topological polar surface area (TPSA) is 21.3 Å². The van der Waals surface area contributed by atoms with Crippen molar-refractivity contribution < 1.29 is 4.74 Å². The molecular weight excluding hydrogens is 353 g/mol. The summed E-state index contributed by atoms with van der Waals surface area (Å²) in [6.07, 6.45) is 0. The summed E-state index contributed by atoms with van der Waals surface area (Å²) in [4.78, 5) is 0. The van der Waals surface area contributed by atoms with Gasteiger partial charge in [0, 0.05) is 22.3 Å². The number of hydrogen-bond donors (Lipinski definition) is 1. The minimum Gasteiger partial charge on any atom is -0.489 e. The lowest BCUT2D eigenvalue weighted by atomic mass is 10.1. The van der Waals surface area contributed by atoms with Crippen molar-refractivity contribution in [2.45, 2.75) is 20.1 Å². The van der Waals surface area contributed by atoms with Crippen LogP contribution < -0.4 is 10.1 Å². The zero-order valence-corrected chi connectivity index (χ0v) is 15.4. The van der Waals surface area contributed by atoms with E-state index in [1.807, 2.05) is 42.5 Å². The summed E-state index contributed by atoms with van der Waals surface area (Å²) in [5, 5.41) is 4.56. The first-order valence-corrected chi connectivity index (χ1v) is 8.81. The first-order chi connectivity index (χ1) is 12.1. The van der Waals surface area contributed by atoms with Gasteiger partial charge in [-0.15, -0.1) is 0 Å². The Labute approximate surface area is 158 Å². The minimum absolute atomic E-state index is 0.570. The van der Waals surface area contributed by atoms with Gasteiger partial charge in [-0.3, -0.25) is 0 Å². The lowest BCUT2D eigenvalue weighted by Gasteiger charge is -2.10. The molecule has 0 aliphatic heterocycles. The molecule has 2 nitrogen and oxygen atoms in total. The molecule has 3 rings (SSSR count). The second-order valence-corrected chi connectivity index (χ2v) is 6.81. The van der Waals surface area contributed by atoms with E-state index in [1.54, 1.807) is 6.07 Å². The Morgan fingerprint density at radius 2 is 1.56 bits per heavy atom. The van der Waals surface area contributed by atoms with Crippen molar-refractivity contribution in [2.75, 3.05) is 5.32 Å². The maximum absolute atomic E-state index is 6.01. The van der Waals surface area contributed by atoms with Gasteiger partial charge in [0.05, 0.1) is 0 Å². The standard InChI is InChI=1S/C21H19Cl2NO/c1-15-3-2-4-17(9-15)14-25-21-7-5-16(6-8-21)13-24-20-11-18(22)10-19(23)12-20/h2-12,24H,13-14H2,1H3. The van der Waals surface area contributed by atoms with Gasteiger partial charge in [-0.1, -0.05) is 65.2 Å². The van der Waals surface area contributed by atoms with Crippen LogP contribution in [0.3, 0.4) is 0 Å². The molecule has 0 aliphatic carbocycles. The highest BCUT2D eigenvalue weighted by Crippen LogP contribution is 2.23. The summed E-state index contributed by atoms with van der Waals surface area (Å²) < 4.78 is 5.84. The molecule has 0 saturated carbocycles. The molecule has 0 spiro atoms. The monoisotopic (exact) mass is 371 g/mol. The van der Waals surface area contributed by atoms with Gasteiger partial charge in [0.2, 0.25) is 0 Å². The molecule has 0 radical (unpaired) electrons. The fraction of sp³-hybridized carbons (Fsp3) is 0.143. The van der Waals surface area contributed by atoms with Crippen molar-refractivity contribution in [1.29, 1.82) is 0 Å². The van der Waals surface area contributed by atoms with Crippen molar-refractivity contribution in [1.82, 2.24) is 0 Å². The van der Waals surface area contributed by atoms with E-state index in [9.17, 15) is 0 Å². The molecule has 0 aromatic heterocycles. The summed E-state index contributed by atoms with van der Waals surface area (Å²) in [7, 11) is 0. The van der Waals surface area contributed by atoms with Crippen LogP contribution in [0.1, 0.15) is 16.7 Å². The SMILES string of the molecule is Cc1cccc(COc2ccc(CNc3cc(Cl)cc(Cl)c3)cc2)c1. The van der Waals surface area contributed by atoms with Gasteiger partial charge in [0.1, 0.15) is 12.4 Å². The second kappa shape index (κ2) is 8.28. The van der Waals surface area contributed by atoms with E-state index in [2.05, 4.69) is 30.4 Å². The lowest BCUT2D eigenvalue weighted by molar-refractivity contribution is 0.306. The van der Waals surface area contributed by atoms with Crippen LogP contribution in [0.15, 0.2) is 66.7 Å². The Morgan fingerprint density at radius 1 is 0.840 bits per heavy atom. The third-order valence-electron chi connectivity index (χ3n) is 3.77. The number of hydrogen-bond acceptors (Lipinski definition) is 2. The number of aryl methyl sites for hydroxylation is 1. The maximum atomic E-state index is 6.01. The first-order valence-electron chi connectivity index (χ1n) is 8.06. The van der Waals surface area contributed by atoms with Crippen LogP contribution in [0.2, 0.25) is 10.0 Å². The average Bonchev–Trinajstić information content (AvgIpc) is 2.58. The fourth-order valence-electron chi connectivity index (χ4n) is 2.53. The smallest absolute Gasteiger partial charge is 0.119 e. The molecule has 0 bridgehead atoms. The molecule has 0 aliphatic rings. The van der Waals surface area contributed by atoms with Gasteiger partial charge in [0.15, 0.2) is 0 Å². The van der Waals surface area contributed by atoms with E-state index in [-0.39, 0.29) is 0 Å². The maximum Gasteiger partial charge on any atom is 0.119 e. The van der Waals surface area contributed by atoms with E-state index in [0.29, 0.717) is 23.2 Å². The van der Waals surface area contributed by atoms with Gasteiger partial charge in [0.25, 0.3) is 0 Å². The quantitative estimate of drug-likeness (QED) is 0.534. The van der Waals surface area contributed by atoms with Crippen molar-refractivity contribution >= 4 is 28.9 Å². The van der Waals surface area contributed by atoms with Gasteiger partial charge in [-0.05, 0) is 48.4 Å². The number of halogens is 2. The third-order valence-corrected chi connectivity index (χ3v) is 4.21. The van der Waals surface area contributed by atoms with Crippen molar-refractivity contribution in [3.05, 3.63) is 93.5 Å². The van der Waals surface area contributed by atoms with E-state index in [1.165, 1.54) is 11.1 Å². The molecular formula is C21H19Cl2NO. The van der Waals surface area contributed by atoms with Crippen LogP contribution in [0.5, 0.6) is 5.75 Å². The molecule has 0 saturated heterocycles. The molecule has 128 valence electrons.